The summed E-state index contributed by atoms with van der Waals surface area (Å²) in [5.74, 6) is 5.01. The number of hydrazine groups is 1. The van der Waals surface area contributed by atoms with Crippen LogP contribution < -0.4 is 16.6 Å². The van der Waals surface area contributed by atoms with E-state index in [1.165, 1.54) is 0 Å². The maximum Gasteiger partial charge on any atom is 0.239 e. The molecule has 0 spiro atoms. The lowest BCUT2D eigenvalue weighted by atomic mass is 9.89. The predicted molar refractivity (Wildman–Crippen MR) is 57.2 cm³/mol. The average Bonchev–Trinajstić information content (AvgIpc) is 2.25. The molecule has 0 radical (unpaired) electrons. The molecule has 1 aromatic rings. The fraction of sp³-hybridized carbons (Fsp3) is 0.556. The van der Waals surface area contributed by atoms with Crippen LogP contribution in [0.4, 0.5) is 16.2 Å². The second-order valence-corrected chi connectivity index (χ2v) is 3.70. The van der Waals surface area contributed by atoms with Gasteiger partial charge in [0.15, 0.2) is 11.6 Å². The Balaban J connectivity index is 1.98. The Morgan fingerprint density at radius 2 is 2.31 bits per heavy atom. The fourth-order valence-corrected chi connectivity index (χ4v) is 1.61. The molecule has 0 saturated heterocycles. The van der Waals surface area contributed by atoms with E-state index in [9.17, 15) is 4.39 Å². The fourth-order valence-electron chi connectivity index (χ4n) is 1.61. The summed E-state index contributed by atoms with van der Waals surface area (Å²) < 4.78 is 18.4. The zero-order valence-electron chi connectivity index (χ0n) is 8.90. The molecule has 0 bridgehead atoms. The van der Waals surface area contributed by atoms with Crippen LogP contribution in [0.3, 0.4) is 0 Å². The smallest absolute Gasteiger partial charge is 0.239 e. The third-order valence-corrected chi connectivity index (χ3v) is 2.64. The third kappa shape index (κ3) is 2.20. The lowest BCUT2D eigenvalue weighted by molar-refractivity contribution is 0.0327. The number of aromatic nitrogens is 2. The topological polar surface area (TPSA) is 85.1 Å². The van der Waals surface area contributed by atoms with Crippen molar-refractivity contribution in [1.82, 2.24) is 9.97 Å². The lowest BCUT2D eigenvalue weighted by Gasteiger charge is -2.34. The van der Waals surface area contributed by atoms with Crippen molar-refractivity contribution < 1.29 is 9.13 Å². The van der Waals surface area contributed by atoms with Crippen LogP contribution in [0.25, 0.3) is 0 Å². The number of ether oxygens (including phenoxy) is 1. The molecule has 4 N–H and O–H groups in total. The SMILES string of the molecule is COC1CC(Nc2nc(NN)ncc2F)C1. The van der Waals surface area contributed by atoms with Crippen LogP contribution in [-0.4, -0.2) is 29.2 Å². The molecule has 88 valence electrons. The first-order valence-electron chi connectivity index (χ1n) is 5.01. The lowest BCUT2D eigenvalue weighted by Crippen LogP contribution is -2.40. The molecule has 7 heteroatoms. The number of methoxy groups -OCH3 is 1. The molecular weight excluding hydrogens is 213 g/mol. The van der Waals surface area contributed by atoms with E-state index in [0.29, 0.717) is 0 Å². The molecule has 1 aromatic heterocycles. The number of nitrogens with zero attached hydrogens (tertiary/aromatic N) is 2. The highest BCUT2D eigenvalue weighted by Gasteiger charge is 2.29. The van der Waals surface area contributed by atoms with Crippen molar-refractivity contribution in [1.29, 1.82) is 0 Å². The van der Waals surface area contributed by atoms with Crippen molar-refractivity contribution in [2.75, 3.05) is 17.9 Å². The predicted octanol–water partition coefficient (Wildman–Crippen LogP) is 0.491. The van der Waals surface area contributed by atoms with E-state index in [1.807, 2.05) is 0 Å². The van der Waals surface area contributed by atoms with Crippen molar-refractivity contribution in [2.24, 2.45) is 5.84 Å². The van der Waals surface area contributed by atoms with Crippen LogP contribution in [-0.2, 0) is 4.74 Å². The van der Waals surface area contributed by atoms with Crippen molar-refractivity contribution in [3.05, 3.63) is 12.0 Å². The summed E-state index contributed by atoms with van der Waals surface area (Å²) in [6.07, 6.45) is 3.04. The van der Waals surface area contributed by atoms with E-state index in [2.05, 4.69) is 20.7 Å². The first kappa shape index (κ1) is 11.0. The Labute approximate surface area is 92.4 Å². The number of halogens is 1. The largest absolute Gasteiger partial charge is 0.381 e. The van der Waals surface area contributed by atoms with Crippen molar-refractivity contribution in [2.45, 2.75) is 25.0 Å². The monoisotopic (exact) mass is 227 g/mol. The van der Waals surface area contributed by atoms with Gasteiger partial charge in [-0.3, -0.25) is 5.43 Å². The highest BCUT2D eigenvalue weighted by Crippen LogP contribution is 2.26. The van der Waals surface area contributed by atoms with Gasteiger partial charge < -0.3 is 10.1 Å². The van der Waals surface area contributed by atoms with Gasteiger partial charge in [0.2, 0.25) is 5.95 Å². The molecule has 1 saturated carbocycles. The van der Waals surface area contributed by atoms with E-state index in [4.69, 9.17) is 10.6 Å². The highest BCUT2D eigenvalue weighted by atomic mass is 19.1. The Bertz CT molecular complexity index is 369. The first-order chi connectivity index (χ1) is 7.72. The van der Waals surface area contributed by atoms with Gasteiger partial charge in [-0.15, -0.1) is 0 Å². The van der Waals surface area contributed by atoms with E-state index in [1.54, 1.807) is 7.11 Å². The number of nitrogen functional groups attached to an aromatic ring is 1. The van der Waals surface area contributed by atoms with E-state index < -0.39 is 5.82 Å². The molecule has 2 rings (SSSR count). The molecule has 1 fully saturated rings. The van der Waals surface area contributed by atoms with E-state index in [0.717, 1.165) is 19.0 Å². The number of nitrogens with two attached hydrogens (primary N) is 1. The summed E-state index contributed by atoms with van der Waals surface area (Å²) in [4.78, 5) is 7.54. The molecule has 0 atom stereocenters. The molecule has 1 heterocycles. The Morgan fingerprint density at radius 3 is 2.94 bits per heavy atom. The molecule has 1 aliphatic carbocycles. The zero-order valence-corrected chi connectivity index (χ0v) is 8.90. The van der Waals surface area contributed by atoms with Crippen LogP contribution in [0.2, 0.25) is 0 Å². The van der Waals surface area contributed by atoms with Crippen LogP contribution in [0, 0.1) is 5.82 Å². The number of hydrogen-bond donors (Lipinski definition) is 3. The number of nitrogens with one attached hydrogen (secondary N) is 2. The van der Waals surface area contributed by atoms with Gasteiger partial charge in [0.25, 0.3) is 0 Å². The normalized spacial score (nSPS) is 23.7. The molecule has 0 amide bonds. The number of hydrogen-bond acceptors (Lipinski definition) is 6. The average molecular weight is 227 g/mol. The minimum atomic E-state index is -0.486. The second kappa shape index (κ2) is 4.58. The van der Waals surface area contributed by atoms with Gasteiger partial charge in [-0.2, -0.15) is 4.98 Å². The maximum atomic E-state index is 13.3. The molecule has 0 aromatic carbocycles. The Kier molecular flexibility index (Phi) is 3.16. The van der Waals surface area contributed by atoms with Gasteiger partial charge in [0.1, 0.15) is 0 Å². The Morgan fingerprint density at radius 1 is 1.56 bits per heavy atom. The second-order valence-electron chi connectivity index (χ2n) is 3.70. The summed E-state index contributed by atoms with van der Waals surface area (Å²) in [5.41, 5.74) is 2.27. The summed E-state index contributed by atoms with van der Waals surface area (Å²) in [5, 5.41) is 2.98. The van der Waals surface area contributed by atoms with Crippen molar-refractivity contribution >= 4 is 11.8 Å². The molecule has 16 heavy (non-hydrogen) atoms. The third-order valence-electron chi connectivity index (χ3n) is 2.64. The highest BCUT2D eigenvalue weighted by molar-refractivity contribution is 5.41. The van der Waals surface area contributed by atoms with Crippen molar-refractivity contribution in [3.8, 4) is 0 Å². The molecule has 0 aliphatic heterocycles. The van der Waals surface area contributed by atoms with Gasteiger partial charge in [0.05, 0.1) is 12.3 Å². The minimum Gasteiger partial charge on any atom is -0.381 e. The quantitative estimate of drug-likeness (QED) is 0.513. The van der Waals surface area contributed by atoms with Gasteiger partial charge in [-0.1, -0.05) is 0 Å². The van der Waals surface area contributed by atoms with Crippen LogP contribution in [0.1, 0.15) is 12.8 Å². The molecule has 0 unspecified atom stereocenters. The minimum absolute atomic E-state index is 0.169. The van der Waals surface area contributed by atoms with Gasteiger partial charge in [-0.05, 0) is 12.8 Å². The van der Waals surface area contributed by atoms with E-state index >= 15 is 0 Å². The van der Waals surface area contributed by atoms with E-state index in [-0.39, 0.29) is 23.9 Å². The summed E-state index contributed by atoms with van der Waals surface area (Å²) in [6.45, 7) is 0. The molecular formula is C9H14FN5O. The summed E-state index contributed by atoms with van der Waals surface area (Å²) >= 11 is 0. The Hall–Kier alpha value is -1.47. The van der Waals surface area contributed by atoms with Gasteiger partial charge in [-0.25, -0.2) is 15.2 Å². The van der Waals surface area contributed by atoms with Gasteiger partial charge in [0, 0.05) is 13.2 Å². The van der Waals surface area contributed by atoms with Gasteiger partial charge >= 0.3 is 0 Å². The summed E-state index contributed by atoms with van der Waals surface area (Å²) in [6, 6.07) is 0.194. The van der Waals surface area contributed by atoms with Crippen LogP contribution >= 0.6 is 0 Å². The van der Waals surface area contributed by atoms with Crippen LogP contribution in [0.5, 0.6) is 0 Å². The maximum absolute atomic E-state index is 13.3. The standard InChI is InChI=1S/C9H14FN5O/c1-16-6-2-5(3-6)13-8-7(10)4-12-9(14-8)15-11/h4-6H,2-3,11H2,1H3,(H2,12,13,14,15). The number of rotatable bonds is 4. The van der Waals surface area contributed by atoms with Crippen molar-refractivity contribution in [3.63, 3.8) is 0 Å². The number of anilines is 2. The molecule has 6 nitrogen and oxygen atoms in total. The first-order valence-corrected chi connectivity index (χ1v) is 5.01. The van der Waals surface area contributed by atoms with Crippen LogP contribution in [0.15, 0.2) is 6.20 Å². The molecule has 1 aliphatic rings. The zero-order chi connectivity index (χ0) is 11.5. The summed E-state index contributed by atoms with van der Waals surface area (Å²) in [7, 11) is 1.67.